The molecule has 1 aromatic heterocycles. The van der Waals surface area contributed by atoms with Gasteiger partial charge in [-0.2, -0.15) is 0 Å². The summed E-state index contributed by atoms with van der Waals surface area (Å²) in [7, 11) is 1.88. The number of nitrogens with one attached hydrogen (secondary N) is 2. The van der Waals surface area contributed by atoms with Crippen LogP contribution in [0.25, 0.3) is 10.9 Å². The summed E-state index contributed by atoms with van der Waals surface area (Å²) in [5, 5.41) is 0.842. The number of nitrogens with zero attached hydrogens (tertiary/aromatic N) is 1. The number of aromatic nitrogens is 1. The Labute approximate surface area is 139 Å². The second-order valence-corrected chi connectivity index (χ2v) is 5.52. The molecular formula is C18H18N4O2. The van der Waals surface area contributed by atoms with Gasteiger partial charge in [-0.15, -0.1) is 0 Å². The van der Waals surface area contributed by atoms with Crippen molar-refractivity contribution in [2.24, 2.45) is 12.8 Å². The van der Waals surface area contributed by atoms with E-state index in [2.05, 4.69) is 10.9 Å². The first-order valence-electron chi connectivity index (χ1n) is 7.52. The standard InChI is InChI=1S/C18H18N4O2/c1-22-11-14(13-9-5-6-10-15(13)22)18(24)21-20-16(17(19)23)12-7-3-2-4-8-12/h2-11,16,20H,1H3,(H2,19,23)(H,21,24)/t16-/m0/s1. The minimum atomic E-state index is -0.801. The van der Waals surface area contributed by atoms with Gasteiger partial charge in [0.25, 0.3) is 5.91 Å². The van der Waals surface area contributed by atoms with E-state index in [-0.39, 0.29) is 5.91 Å². The molecule has 0 aliphatic carbocycles. The lowest BCUT2D eigenvalue weighted by molar-refractivity contribution is -0.120. The van der Waals surface area contributed by atoms with E-state index in [9.17, 15) is 9.59 Å². The molecule has 6 nitrogen and oxygen atoms in total. The van der Waals surface area contributed by atoms with Crippen molar-refractivity contribution in [3.05, 3.63) is 71.9 Å². The van der Waals surface area contributed by atoms with Crippen molar-refractivity contribution in [2.45, 2.75) is 6.04 Å². The zero-order chi connectivity index (χ0) is 17.1. The molecule has 6 heteroatoms. The quantitative estimate of drug-likeness (QED) is 0.624. The minimum absolute atomic E-state index is 0.325. The monoisotopic (exact) mass is 322 g/mol. The first kappa shape index (κ1) is 15.8. The normalized spacial score (nSPS) is 12.0. The van der Waals surface area contributed by atoms with Gasteiger partial charge in [0.1, 0.15) is 6.04 Å². The fourth-order valence-electron chi connectivity index (χ4n) is 2.69. The summed E-state index contributed by atoms with van der Waals surface area (Å²) >= 11 is 0. The number of hydrogen-bond donors (Lipinski definition) is 3. The number of fused-ring (bicyclic) bond motifs is 1. The van der Waals surface area contributed by atoms with Crippen LogP contribution in [0.2, 0.25) is 0 Å². The van der Waals surface area contributed by atoms with Crippen molar-refractivity contribution in [3.8, 4) is 0 Å². The average molecular weight is 322 g/mol. The number of aryl methyl sites for hydroxylation is 1. The van der Waals surface area contributed by atoms with E-state index >= 15 is 0 Å². The number of para-hydroxylation sites is 1. The lowest BCUT2D eigenvalue weighted by atomic mass is 10.1. The summed E-state index contributed by atoms with van der Waals surface area (Å²) in [5.74, 6) is -0.895. The maximum Gasteiger partial charge on any atom is 0.267 e. The predicted molar refractivity (Wildman–Crippen MR) is 91.9 cm³/mol. The third-order valence-electron chi connectivity index (χ3n) is 3.89. The van der Waals surface area contributed by atoms with Crippen molar-refractivity contribution in [2.75, 3.05) is 0 Å². The highest BCUT2D eigenvalue weighted by molar-refractivity contribution is 6.06. The van der Waals surface area contributed by atoms with Crippen LogP contribution in [-0.4, -0.2) is 16.4 Å². The molecule has 0 saturated heterocycles. The number of benzene rings is 2. The Hall–Kier alpha value is -3.12. The van der Waals surface area contributed by atoms with Gasteiger partial charge in [-0.25, -0.2) is 5.43 Å². The molecular weight excluding hydrogens is 304 g/mol. The minimum Gasteiger partial charge on any atom is -0.368 e. The van der Waals surface area contributed by atoms with Crippen molar-refractivity contribution in [3.63, 3.8) is 0 Å². The first-order valence-corrected chi connectivity index (χ1v) is 7.52. The molecule has 0 saturated carbocycles. The molecule has 0 unspecified atom stereocenters. The molecule has 0 bridgehead atoms. The van der Waals surface area contributed by atoms with E-state index in [1.807, 2.05) is 41.9 Å². The number of nitrogens with two attached hydrogens (primary N) is 1. The van der Waals surface area contributed by atoms with E-state index in [0.29, 0.717) is 11.1 Å². The van der Waals surface area contributed by atoms with Crippen LogP contribution in [-0.2, 0) is 11.8 Å². The summed E-state index contributed by atoms with van der Waals surface area (Å²) in [6.45, 7) is 0. The van der Waals surface area contributed by atoms with Crippen LogP contribution in [0.4, 0.5) is 0 Å². The summed E-state index contributed by atoms with van der Waals surface area (Å²) in [6, 6.07) is 15.8. The van der Waals surface area contributed by atoms with Gasteiger partial charge in [-0.05, 0) is 11.6 Å². The Kier molecular flexibility index (Phi) is 4.31. The fraction of sp³-hybridized carbons (Fsp3) is 0.111. The highest BCUT2D eigenvalue weighted by Crippen LogP contribution is 2.20. The smallest absolute Gasteiger partial charge is 0.267 e. The number of hydrazine groups is 1. The van der Waals surface area contributed by atoms with Crippen molar-refractivity contribution in [1.82, 2.24) is 15.4 Å². The molecule has 122 valence electrons. The van der Waals surface area contributed by atoms with E-state index in [4.69, 9.17) is 5.73 Å². The Morgan fingerprint density at radius 2 is 1.71 bits per heavy atom. The van der Waals surface area contributed by atoms with Crippen LogP contribution < -0.4 is 16.6 Å². The molecule has 3 aromatic rings. The predicted octanol–water partition coefficient (Wildman–Crippen LogP) is 1.64. The molecule has 0 aliphatic rings. The number of rotatable bonds is 5. The van der Waals surface area contributed by atoms with Gasteiger partial charge in [0, 0.05) is 24.1 Å². The van der Waals surface area contributed by atoms with E-state index in [1.165, 1.54) is 0 Å². The van der Waals surface area contributed by atoms with Crippen LogP contribution in [0, 0.1) is 0 Å². The molecule has 4 N–H and O–H groups in total. The topological polar surface area (TPSA) is 89.2 Å². The maximum absolute atomic E-state index is 12.5. The maximum atomic E-state index is 12.5. The number of primary amides is 1. The Morgan fingerprint density at radius 1 is 1.04 bits per heavy atom. The zero-order valence-electron chi connectivity index (χ0n) is 13.2. The molecule has 1 heterocycles. The lowest BCUT2D eigenvalue weighted by Gasteiger charge is -2.16. The van der Waals surface area contributed by atoms with Crippen molar-refractivity contribution in [1.29, 1.82) is 0 Å². The molecule has 1 atom stereocenters. The van der Waals surface area contributed by atoms with Gasteiger partial charge in [0.2, 0.25) is 5.91 Å². The molecule has 2 aromatic carbocycles. The molecule has 0 aliphatic heterocycles. The highest BCUT2D eigenvalue weighted by atomic mass is 16.2. The number of carbonyl (C=O) groups is 2. The lowest BCUT2D eigenvalue weighted by Crippen LogP contribution is -2.45. The molecule has 2 amide bonds. The highest BCUT2D eigenvalue weighted by Gasteiger charge is 2.19. The zero-order valence-corrected chi connectivity index (χ0v) is 13.2. The number of carbonyl (C=O) groups excluding carboxylic acids is 2. The third-order valence-corrected chi connectivity index (χ3v) is 3.89. The summed E-state index contributed by atoms with van der Waals surface area (Å²) in [4.78, 5) is 24.2. The average Bonchev–Trinajstić information content (AvgIpc) is 2.93. The number of amides is 2. The van der Waals surface area contributed by atoms with Gasteiger partial charge in [0.05, 0.1) is 5.56 Å². The Balaban J connectivity index is 1.80. The molecule has 0 fully saturated rings. The Bertz CT molecular complexity index is 886. The number of hydrogen-bond acceptors (Lipinski definition) is 3. The summed E-state index contributed by atoms with van der Waals surface area (Å²) in [5.41, 5.74) is 12.9. The SMILES string of the molecule is Cn1cc(C(=O)NN[C@H](C(N)=O)c2ccccc2)c2ccccc21. The summed E-state index contributed by atoms with van der Waals surface area (Å²) < 4.78 is 1.88. The fourth-order valence-corrected chi connectivity index (χ4v) is 2.69. The molecule has 0 radical (unpaired) electrons. The van der Waals surface area contributed by atoms with E-state index in [1.54, 1.807) is 30.5 Å². The van der Waals surface area contributed by atoms with Crippen LogP contribution in [0.15, 0.2) is 60.8 Å². The van der Waals surface area contributed by atoms with Crippen molar-refractivity contribution < 1.29 is 9.59 Å². The van der Waals surface area contributed by atoms with Gasteiger partial charge in [-0.1, -0.05) is 48.5 Å². The van der Waals surface area contributed by atoms with Crippen LogP contribution >= 0.6 is 0 Å². The largest absolute Gasteiger partial charge is 0.368 e. The van der Waals surface area contributed by atoms with Crippen LogP contribution in [0.3, 0.4) is 0 Å². The van der Waals surface area contributed by atoms with E-state index in [0.717, 1.165) is 10.9 Å². The first-order chi connectivity index (χ1) is 11.6. The second kappa shape index (κ2) is 6.55. The summed E-state index contributed by atoms with van der Waals surface area (Å²) in [6.07, 6.45) is 1.75. The second-order valence-electron chi connectivity index (χ2n) is 5.52. The third kappa shape index (κ3) is 3.00. The van der Waals surface area contributed by atoms with Crippen molar-refractivity contribution >= 4 is 22.7 Å². The molecule has 0 spiro atoms. The van der Waals surface area contributed by atoms with Gasteiger partial charge >= 0.3 is 0 Å². The van der Waals surface area contributed by atoms with Gasteiger partial charge < -0.3 is 10.3 Å². The molecule has 24 heavy (non-hydrogen) atoms. The Morgan fingerprint density at radius 3 is 2.42 bits per heavy atom. The van der Waals surface area contributed by atoms with Gasteiger partial charge in [-0.3, -0.25) is 15.0 Å². The van der Waals surface area contributed by atoms with Crippen LogP contribution in [0.5, 0.6) is 0 Å². The van der Waals surface area contributed by atoms with E-state index < -0.39 is 11.9 Å². The molecule has 3 rings (SSSR count). The van der Waals surface area contributed by atoms with Gasteiger partial charge in [0.15, 0.2) is 0 Å². The van der Waals surface area contributed by atoms with Crippen LogP contribution in [0.1, 0.15) is 22.0 Å².